The Morgan fingerprint density at radius 1 is 0.875 bits per heavy atom. The van der Waals surface area contributed by atoms with Gasteiger partial charge in [-0.25, -0.2) is 19.2 Å². The fourth-order valence-corrected chi connectivity index (χ4v) is 14.6. The van der Waals surface area contributed by atoms with E-state index in [-0.39, 0.29) is 29.8 Å². The van der Waals surface area contributed by atoms with Crippen molar-refractivity contribution in [2.45, 2.75) is 104 Å². The number of amides is 2. The van der Waals surface area contributed by atoms with Crippen molar-refractivity contribution in [3.8, 4) is 22.6 Å². The van der Waals surface area contributed by atoms with Gasteiger partial charge in [-0.2, -0.15) is 4.98 Å². The van der Waals surface area contributed by atoms with E-state index in [1.54, 1.807) is 19.2 Å². The minimum atomic E-state index is -3.13. The summed E-state index contributed by atoms with van der Waals surface area (Å²) in [7, 11) is -4.55. The molecule has 0 bridgehead atoms. The van der Waals surface area contributed by atoms with E-state index < -0.39 is 45.7 Å². The fraction of sp³-hybridized carbons (Fsp3) is 0.389. The number of piperazine rings is 1. The van der Waals surface area contributed by atoms with Gasteiger partial charge in [0.1, 0.15) is 24.5 Å². The number of benzene rings is 3. The van der Waals surface area contributed by atoms with Gasteiger partial charge in [0.05, 0.1) is 41.6 Å². The Balaban J connectivity index is 1.23. The number of rotatable bonds is 16. The predicted octanol–water partition coefficient (Wildman–Crippen LogP) is 9.66. The van der Waals surface area contributed by atoms with Crippen LogP contribution in [0, 0.1) is 5.82 Å². The number of halogens is 1. The summed E-state index contributed by atoms with van der Waals surface area (Å²) in [6.45, 7) is 23.8. The van der Waals surface area contributed by atoms with Crippen LogP contribution in [0.3, 0.4) is 0 Å². The molecule has 0 radical (unpaired) electrons. The van der Waals surface area contributed by atoms with Crippen LogP contribution < -0.4 is 20.6 Å². The number of carboxylic acid groups (broad SMARTS) is 1. The van der Waals surface area contributed by atoms with Gasteiger partial charge in [0.2, 0.25) is 0 Å². The second kappa shape index (κ2) is 20.9. The zero-order chi connectivity index (χ0) is 51.6. The first-order valence-corrected chi connectivity index (χ1v) is 30.1. The van der Waals surface area contributed by atoms with Crippen molar-refractivity contribution >= 4 is 55.5 Å². The van der Waals surface area contributed by atoms with Crippen LogP contribution in [-0.4, -0.2) is 101 Å². The summed E-state index contributed by atoms with van der Waals surface area (Å²) in [4.78, 5) is 47.7. The average Bonchev–Trinajstić information content (AvgIpc) is 4.00. The van der Waals surface area contributed by atoms with Crippen LogP contribution in [0.4, 0.5) is 14.9 Å². The zero-order valence-electron chi connectivity index (χ0n) is 43.0. The molecule has 4 aromatic heterocycles. The van der Waals surface area contributed by atoms with Gasteiger partial charge in [-0.15, -0.1) is 0 Å². The van der Waals surface area contributed by atoms with E-state index in [9.17, 15) is 14.7 Å². The van der Waals surface area contributed by atoms with E-state index in [1.807, 2.05) is 79.9 Å². The maximum Gasteiger partial charge on any atom is 0.407 e. The quantitative estimate of drug-likeness (QED) is 0.0694. The lowest BCUT2D eigenvalue weighted by molar-refractivity contribution is 0.0894. The van der Waals surface area contributed by atoms with E-state index in [1.165, 1.54) is 17.3 Å². The standard InChI is InChI=1S/C54H66FN9O6Si2/c1-36(59-49(65)50-60-51(61-70-50)53(2,3)4)41-30-44(55)42(29-37(41)33-69-72(54(5,6)7,39-17-13-11-14-18-39)40-19-15-12-16-20-40)47-43-31-46(64(48(43)58-34-57-47)35-68-27-28-71(8,9)10)45-22-21-38(32-56-45)62-23-25-63(26-24-62)52(66)67/h11-22,29-32,34,36H,23-28,33,35H2,1-10H3,(H,59,65)(H,66,67). The molecule has 3 aromatic carbocycles. The normalized spacial score (nSPS) is 14.2. The van der Waals surface area contributed by atoms with Gasteiger partial charge in [-0.05, 0) is 69.8 Å². The van der Waals surface area contributed by atoms with Gasteiger partial charge in [-0.3, -0.25) is 14.3 Å². The summed E-state index contributed by atoms with van der Waals surface area (Å²) in [6.07, 6.45) is 2.32. The van der Waals surface area contributed by atoms with Crippen LogP contribution in [0.25, 0.3) is 33.7 Å². The van der Waals surface area contributed by atoms with Gasteiger partial charge in [0.15, 0.2) is 5.82 Å². The smallest absolute Gasteiger partial charge is 0.407 e. The van der Waals surface area contributed by atoms with Crippen molar-refractivity contribution in [1.82, 2.24) is 39.9 Å². The molecule has 72 heavy (non-hydrogen) atoms. The van der Waals surface area contributed by atoms with E-state index in [4.69, 9.17) is 28.6 Å². The lowest BCUT2D eigenvalue weighted by atomic mass is 9.96. The predicted molar refractivity (Wildman–Crippen MR) is 283 cm³/mol. The minimum absolute atomic E-state index is 0.0673. The number of anilines is 1. The molecule has 378 valence electrons. The van der Waals surface area contributed by atoms with Crippen molar-refractivity contribution in [2.75, 3.05) is 37.7 Å². The Hall–Kier alpha value is -6.61. The number of ether oxygens (including phenoxy) is 1. The molecule has 2 amide bonds. The molecule has 15 nitrogen and oxygen atoms in total. The summed E-state index contributed by atoms with van der Waals surface area (Å²) < 4.78 is 38.6. The molecule has 1 saturated heterocycles. The maximum absolute atomic E-state index is 17.3. The van der Waals surface area contributed by atoms with Crippen LogP contribution in [0.15, 0.2) is 108 Å². The molecular weight excluding hydrogens is 946 g/mol. The highest BCUT2D eigenvalue weighted by molar-refractivity contribution is 6.99. The molecule has 8 rings (SSSR count). The highest BCUT2D eigenvalue weighted by Gasteiger charge is 2.50. The summed E-state index contributed by atoms with van der Waals surface area (Å²) in [5, 5.41) is 18.9. The number of pyridine rings is 1. The van der Waals surface area contributed by atoms with Crippen LogP contribution in [0.1, 0.15) is 82.1 Å². The summed E-state index contributed by atoms with van der Waals surface area (Å²) in [5.41, 5.74) is 4.08. The number of fused-ring (bicyclic) bond motifs is 1. The monoisotopic (exact) mass is 1010 g/mol. The first-order chi connectivity index (χ1) is 34.1. The molecule has 1 atom stereocenters. The number of carbonyl (C=O) groups excluding carboxylic acids is 1. The van der Waals surface area contributed by atoms with Crippen LogP contribution >= 0.6 is 0 Å². The first-order valence-electron chi connectivity index (χ1n) is 24.5. The highest BCUT2D eigenvalue weighted by atomic mass is 28.4. The van der Waals surface area contributed by atoms with Gasteiger partial charge in [0.25, 0.3) is 8.32 Å². The number of aromatic nitrogens is 6. The van der Waals surface area contributed by atoms with Crippen LogP contribution in [-0.2, 0) is 27.9 Å². The molecule has 0 saturated carbocycles. The van der Waals surface area contributed by atoms with E-state index in [0.29, 0.717) is 77.9 Å². The SMILES string of the molecule is CC(NC(=O)c1nc(C(C)(C)C)no1)c1cc(F)c(-c2ncnc3c2cc(-c2ccc(N4CCN(C(=O)O)CC4)cn2)n3COCC[Si](C)(C)C)cc1CO[Si](c1ccccc1)(c1ccccc1)C(C)(C)C. The average molecular weight is 1010 g/mol. The number of carbonyl (C=O) groups is 2. The molecule has 5 heterocycles. The van der Waals surface area contributed by atoms with Crippen molar-refractivity contribution < 1.29 is 32.8 Å². The number of nitrogens with one attached hydrogen (secondary N) is 1. The lowest BCUT2D eigenvalue weighted by Crippen LogP contribution is -2.66. The molecule has 2 N–H and O–H groups in total. The molecule has 1 aliphatic rings. The van der Waals surface area contributed by atoms with E-state index in [2.05, 4.69) is 85.0 Å². The second-order valence-corrected chi connectivity index (χ2v) is 31.7. The van der Waals surface area contributed by atoms with Gasteiger partial charge in [0, 0.05) is 57.2 Å². The molecule has 1 fully saturated rings. The van der Waals surface area contributed by atoms with Crippen LogP contribution in [0.2, 0.25) is 30.7 Å². The van der Waals surface area contributed by atoms with Gasteiger partial charge < -0.3 is 33.9 Å². The summed E-state index contributed by atoms with van der Waals surface area (Å²) in [6, 6.07) is 30.0. The third kappa shape index (κ3) is 11.1. The van der Waals surface area contributed by atoms with Gasteiger partial charge >= 0.3 is 17.9 Å². The number of hydrogen-bond donors (Lipinski definition) is 2. The Kier molecular flexibility index (Phi) is 15.0. The second-order valence-electron chi connectivity index (χ2n) is 21.8. The Bertz CT molecular complexity index is 2980. The van der Waals surface area contributed by atoms with Gasteiger partial charge in [-0.1, -0.05) is 127 Å². The summed E-state index contributed by atoms with van der Waals surface area (Å²) >= 11 is 0. The molecule has 1 unspecified atom stereocenters. The van der Waals surface area contributed by atoms with Crippen LogP contribution in [0.5, 0.6) is 0 Å². The Morgan fingerprint density at radius 2 is 1.54 bits per heavy atom. The minimum Gasteiger partial charge on any atom is -0.465 e. The zero-order valence-corrected chi connectivity index (χ0v) is 45.0. The molecular formula is C54H66FN9O6Si2. The van der Waals surface area contributed by atoms with Crippen molar-refractivity contribution in [3.05, 3.63) is 132 Å². The van der Waals surface area contributed by atoms with Crippen molar-refractivity contribution in [1.29, 1.82) is 0 Å². The highest BCUT2D eigenvalue weighted by Crippen LogP contribution is 2.40. The molecule has 7 aromatic rings. The Labute approximate surface area is 423 Å². The molecule has 0 spiro atoms. The Morgan fingerprint density at radius 3 is 2.11 bits per heavy atom. The molecule has 0 aliphatic carbocycles. The molecule has 1 aliphatic heterocycles. The third-order valence-electron chi connectivity index (χ3n) is 13.3. The summed E-state index contributed by atoms with van der Waals surface area (Å²) in [5.74, 6) is -0.943. The number of hydrogen-bond acceptors (Lipinski definition) is 11. The fourth-order valence-electron chi connectivity index (χ4n) is 9.28. The van der Waals surface area contributed by atoms with E-state index >= 15 is 4.39 Å². The number of nitrogens with zero attached hydrogens (tertiary/aromatic N) is 8. The van der Waals surface area contributed by atoms with Crippen molar-refractivity contribution in [2.24, 2.45) is 0 Å². The first kappa shape index (κ1) is 51.7. The maximum atomic E-state index is 17.3. The van der Waals surface area contributed by atoms with E-state index in [0.717, 1.165) is 22.1 Å². The topological polar surface area (TPSA) is 174 Å². The molecule has 18 heteroatoms. The third-order valence-corrected chi connectivity index (χ3v) is 20.0. The van der Waals surface area contributed by atoms with Crippen molar-refractivity contribution in [3.63, 3.8) is 0 Å². The largest absolute Gasteiger partial charge is 0.465 e. The lowest BCUT2D eigenvalue weighted by Gasteiger charge is -2.43.